The van der Waals surface area contributed by atoms with Gasteiger partial charge in [-0.15, -0.1) is 0 Å². The lowest BCUT2D eigenvalue weighted by Gasteiger charge is -2.13. The Morgan fingerprint density at radius 1 is 1.56 bits per heavy atom. The number of nitrogen functional groups attached to an aromatic ring is 1. The number of benzene rings is 1. The summed E-state index contributed by atoms with van der Waals surface area (Å²) in [6.45, 7) is 2.08. The van der Waals surface area contributed by atoms with Crippen molar-refractivity contribution in [3.8, 4) is 0 Å². The van der Waals surface area contributed by atoms with E-state index >= 15 is 0 Å². The number of esters is 1. The van der Waals surface area contributed by atoms with Crippen LogP contribution in [0.5, 0.6) is 0 Å². The summed E-state index contributed by atoms with van der Waals surface area (Å²) in [5.74, 6) is -0.498. The van der Waals surface area contributed by atoms with Crippen LogP contribution in [0.15, 0.2) is 18.2 Å². The molecule has 0 heterocycles. The van der Waals surface area contributed by atoms with E-state index in [1.165, 1.54) is 7.11 Å². The molecule has 4 nitrogen and oxygen atoms in total. The maximum absolute atomic E-state index is 11.7. The van der Waals surface area contributed by atoms with Crippen molar-refractivity contribution in [1.29, 1.82) is 0 Å². The van der Waals surface area contributed by atoms with E-state index in [-0.39, 0.29) is 16.7 Å². The molecule has 1 atom stereocenters. The van der Waals surface area contributed by atoms with E-state index in [2.05, 4.69) is 0 Å². The fourth-order valence-corrected chi connectivity index (χ4v) is 1.43. The van der Waals surface area contributed by atoms with Gasteiger partial charge in [-0.25, -0.2) is 4.79 Å². The molecule has 1 aromatic rings. The number of rotatable bonds is 4. The molecule has 0 saturated carbocycles. The standard InChI is InChI=1S/C11H14ClNO3/c1-7(6-15-2)16-11(14)8-4-3-5-9(13)10(8)12/h3-5,7H,6,13H2,1-2H3. The van der Waals surface area contributed by atoms with Crippen molar-refractivity contribution in [2.24, 2.45) is 0 Å². The van der Waals surface area contributed by atoms with Gasteiger partial charge in [0.2, 0.25) is 0 Å². The Balaban J connectivity index is 2.77. The Hall–Kier alpha value is -1.26. The molecule has 0 aliphatic heterocycles. The third kappa shape index (κ3) is 3.12. The average Bonchev–Trinajstić information content (AvgIpc) is 2.22. The van der Waals surface area contributed by atoms with Crippen LogP contribution in [0.4, 0.5) is 5.69 Å². The molecular weight excluding hydrogens is 230 g/mol. The number of carbonyl (C=O) groups is 1. The van der Waals surface area contributed by atoms with E-state index in [1.807, 2.05) is 0 Å². The zero-order valence-corrected chi connectivity index (χ0v) is 9.95. The highest BCUT2D eigenvalue weighted by atomic mass is 35.5. The van der Waals surface area contributed by atoms with Crippen molar-refractivity contribution >= 4 is 23.3 Å². The maximum Gasteiger partial charge on any atom is 0.340 e. The van der Waals surface area contributed by atoms with Crippen molar-refractivity contribution in [2.75, 3.05) is 19.5 Å². The lowest BCUT2D eigenvalue weighted by molar-refractivity contribution is 0.0120. The largest absolute Gasteiger partial charge is 0.457 e. The monoisotopic (exact) mass is 243 g/mol. The van der Waals surface area contributed by atoms with Gasteiger partial charge >= 0.3 is 5.97 Å². The molecule has 0 fully saturated rings. The van der Waals surface area contributed by atoms with Gasteiger partial charge in [0.15, 0.2) is 0 Å². The average molecular weight is 244 g/mol. The molecule has 1 rings (SSSR count). The lowest BCUT2D eigenvalue weighted by Crippen LogP contribution is -2.20. The number of halogens is 1. The number of anilines is 1. The second kappa shape index (κ2) is 5.72. The van der Waals surface area contributed by atoms with Crippen LogP contribution in [0.25, 0.3) is 0 Å². The number of ether oxygens (including phenoxy) is 2. The van der Waals surface area contributed by atoms with E-state index in [9.17, 15) is 4.79 Å². The fraction of sp³-hybridized carbons (Fsp3) is 0.364. The highest BCUT2D eigenvalue weighted by Gasteiger charge is 2.16. The van der Waals surface area contributed by atoms with Gasteiger partial charge in [-0.2, -0.15) is 0 Å². The predicted octanol–water partition coefficient (Wildman–Crippen LogP) is 2.11. The first kappa shape index (κ1) is 12.8. The fourth-order valence-electron chi connectivity index (χ4n) is 1.22. The number of carbonyl (C=O) groups excluding carboxylic acids is 1. The summed E-state index contributed by atoms with van der Waals surface area (Å²) < 4.78 is 9.97. The van der Waals surface area contributed by atoms with E-state index in [1.54, 1.807) is 25.1 Å². The number of hydrogen-bond donors (Lipinski definition) is 1. The molecule has 0 amide bonds. The molecule has 88 valence electrons. The Kier molecular flexibility index (Phi) is 4.58. The van der Waals surface area contributed by atoms with Crippen molar-refractivity contribution < 1.29 is 14.3 Å². The molecule has 16 heavy (non-hydrogen) atoms. The van der Waals surface area contributed by atoms with Gasteiger partial charge in [-0.1, -0.05) is 17.7 Å². The molecule has 1 aromatic carbocycles. The molecule has 0 spiro atoms. The van der Waals surface area contributed by atoms with Gasteiger partial charge in [0.05, 0.1) is 22.9 Å². The molecule has 1 unspecified atom stereocenters. The highest BCUT2D eigenvalue weighted by molar-refractivity contribution is 6.36. The summed E-state index contributed by atoms with van der Waals surface area (Å²) in [7, 11) is 1.54. The third-order valence-corrected chi connectivity index (χ3v) is 2.38. The minimum atomic E-state index is -0.498. The first-order valence-electron chi connectivity index (χ1n) is 4.80. The molecule has 0 aliphatic rings. The normalized spacial score (nSPS) is 12.2. The molecule has 0 saturated heterocycles. The molecule has 0 bridgehead atoms. The van der Waals surface area contributed by atoms with Crippen LogP contribution in [0.1, 0.15) is 17.3 Å². The first-order valence-corrected chi connectivity index (χ1v) is 5.18. The van der Waals surface area contributed by atoms with Crippen LogP contribution in [0.3, 0.4) is 0 Å². The van der Waals surface area contributed by atoms with Gasteiger partial charge in [0.25, 0.3) is 0 Å². The molecule has 0 aromatic heterocycles. The lowest BCUT2D eigenvalue weighted by atomic mass is 10.2. The van der Waals surface area contributed by atoms with Crippen molar-refractivity contribution in [3.63, 3.8) is 0 Å². The smallest absolute Gasteiger partial charge is 0.340 e. The Bertz CT molecular complexity index is 381. The van der Waals surface area contributed by atoms with E-state index < -0.39 is 5.97 Å². The molecule has 0 aliphatic carbocycles. The molecule has 0 radical (unpaired) electrons. The second-order valence-electron chi connectivity index (χ2n) is 3.38. The quantitative estimate of drug-likeness (QED) is 0.650. The van der Waals surface area contributed by atoms with Crippen LogP contribution < -0.4 is 5.73 Å². The summed E-state index contributed by atoms with van der Waals surface area (Å²) in [4.78, 5) is 11.7. The summed E-state index contributed by atoms with van der Waals surface area (Å²) in [5, 5.41) is 0.220. The summed E-state index contributed by atoms with van der Waals surface area (Å²) in [6.07, 6.45) is -0.324. The second-order valence-corrected chi connectivity index (χ2v) is 3.76. The zero-order chi connectivity index (χ0) is 12.1. The zero-order valence-electron chi connectivity index (χ0n) is 9.20. The predicted molar refractivity (Wildman–Crippen MR) is 62.6 cm³/mol. The summed E-state index contributed by atoms with van der Waals surface area (Å²) in [6, 6.07) is 4.84. The topological polar surface area (TPSA) is 61.5 Å². The summed E-state index contributed by atoms with van der Waals surface area (Å²) in [5.41, 5.74) is 6.21. The third-order valence-electron chi connectivity index (χ3n) is 1.96. The SMILES string of the molecule is COCC(C)OC(=O)c1cccc(N)c1Cl. The van der Waals surface area contributed by atoms with Crippen LogP contribution in [0.2, 0.25) is 5.02 Å². The Morgan fingerprint density at radius 2 is 2.25 bits per heavy atom. The minimum Gasteiger partial charge on any atom is -0.457 e. The minimum absolute atomic E-state index is 0.220. The summed E-state index contributed by atoms with van der Waals surface area (Å²) >= 11 is 5.89. The van der Waals surface area contributed by atoms with Crippen LogP contribution >= 0.6 is 11.6 Å². The van der Waals surface area contributed by atoms with E-state index in [4.69, 9.17) is 26.8 Å². The van der Waals surface area contributed by atoms with Crippen molar-refractivity contribution in [1.82, 2.24) is 0 Å². The highest BCUT2D eigenvalue weighted by Crippen LogP contribution is 2.23. The molecular formula is C11H14ClNO3. The van der Waals surface area contributed by atoms with Gasteiger partial charge in [-0.3, -0.25) is 0 Å². The number of methoxy groups -OCH3 is 1. The molecule has 2 N–H and O–H groups in total. The van der Waals surface area contributed by atoms with E-state index in [0.717, 1.165) is 0 Å². The van der Waals surface area contributed by atoms with Gasteiger partial charge in [0, 0.05) is 7.11 Å². The number of hydrogen-bond acceptors (Lipinski definition) is 4. The number of nitrogens with two attached hydrogens (primary N) is 1. The Morgan fingerprint density at radius 3 is 2.88 bits per heavy atom. The Labute approximate surface area is 99.3 Å². The van der Waals surface area contributed by atoms with Gasteiger partial charge in [-0.05, 0) is 19.1 Å². The van der Waals surface area contributed by atoms with Crippen LogP contribution in [0, 0.1) is 0 Å². The van der Waals surface area contributed by atoms with E-state index in [0.29, 0.717) is 12.3 Å². The van der Waals surface area contributed by atoms with Gasteiger partial charge < -0.3 is 15.2 Å². The van der Waals surface area contributed by atoms with Crippen LogP contribution in [-0.2, 0) is 9.47 Å². The molecule has 5 heteroatoms. The van der Waals surface area contributed by atoms with Crippen molar-refractivity contribution in [2.45, 2.75) is 13.0 Å². The first-order chi connectivity index (χ1) is 7.56. The maximum atomic E-state index is 11.7. The van der Waals surface area contributed by atoms with Gasteiger partial charge in [0.1, 0.15) is 6.10 Å². The van der Waals surface area contributed by atoms with Crippen LogP contribution in [-0.4, -0.2) is 25.8 Å². The van der Waals surface area contributed by atoms with Crippen molar-refractivity contribution in [3.05, 3.63) is 28.8 Å².